The number of hydrogen-bond acceptors (Lipinski definition) is 7. The Hall–Kier alpha value is -1.96. The van der Waals surface area contributed by atoms with Gasteiger partial charge in [-0.1, -0.05) is 0 Å². The fourth-order valence-corrected chi connectivity index (χ4v) is 2.61. The topological polar surface area (TPSA) is 96.2 Å². The minimum absolute atomic E-state index is 0.0751. The first-order valence-electron chi connectivity index (χ1n) is 6.87. The normalized spacial score (nSPS) is 22.8. The monoisotopic (exact) mass is 278 g/mol. The molecule has 0 spiro atoms. The predicted molar refractivity (Wildman–Crippen MR) is 74.9 cm³/mol. The van der Waals surface area contributed by atoms with Crippen molar-refractivity contribution in [3.05, 3.63) is 16.3 Å². The van der Waals surface area contributed by atoms with E-state index in [9.17, 15) is 10.1 Å². The molecule has 3 rings (SSSR count). The summed E-state index contributed by atoms with van der Waals surface area (Å²) in [5.41, 5.74) is -0.0751. The van der Waals surface area contributed by atoms with Crippen molar-refractivity contribution in [2.24, 2.45) is 0 Å². The van der Waals surface area contributed by atoms with E-state index in [0.29, 0.717) is 11.8 Å². The van der Waals surface area contributed by atoms with Crippen molar-refractivity contribution in [3.63, 3.8) is 0 Å². The van der Waals surface area contributed by atoms with Crippen LogP contribution in [0.1, 0.15) is 19.3 Å². The molecule has 0 radical (unpaired) electrons. The van der Waals surface area contributed by atoms with Gasteiger partial charge in [0.15, 0.2) is 0 Å². The van der Waals surface area contributed by atoms with Gasteiger partial charge in [-0.05, 0) is 19.3 Å². The summed E-state index contributed by atoms with van der Waals surface area (Å²) >= 11 is 0. The van der Waals surface area contributed by atoms with Gasteiger partial charge in [-0.2, -0.15) is 4.98 Å². The third-order valence-electron chi connectivity index (χ3n) is 3.81. The van der Waals surface area contributed by atoms with Crippen molar-refractivity contribution in [3.8, 4) is 0 Å². The zero-order valence-corrected chi connectivity index (χ0v) is 11.4. The van der Waals surface area contributed by atoms with Crippen LogP contribution in [0.2, 0.25) is 0 Å². The molecule has 8 heteroatoms. The van der Waals surface area contributed by atoms with Gasteiger partial charge in [0.05, 0.1) is 4.92 Å². The van der Waals surface area contributed by atoms with E-state index in [1.54, 1.807) is 7.05 Å². The molecule has 8 nitrogen and oxygen atoms in total. The van der Waals surface area contributed by atoms with Crippen molar-refractivity contribution in [1.29, 1.82) is 0 Å². The Bertz CT molecular complexity index is 519. The Labute approximate surface area is 116 Å². The number of aromatic nitrogens is 2. The third-order valence-corrected chi connectivity index (χ3v) is 3.81. The summed E-state index contributed by atoms with van der Waals surface area (Å²) in [6.45, 7) is 1.99. The van der Waals surface area contributed by atoms with Crippen LogP contribution in [0.25, 0.3) is 0 Å². The number of nitro groups is 1. The van der Waals surface area contributed by atoms with Crippen molar-refractivity contribution in [1.82, 2.24) is 14.9 Å². The highest BCUT2D eigenvalue weighted by Gasteiger charge is 2.35. The summed E-state index contributed by atoms with van der Waals surface area (Å²) in [5.74, 6) is 0.687. The van der Waals surface area contributed by atoms with E-state index in [0.717, 1.165) is 25.6 Å². The molecule has 108 valence electrons. The molecular weight excluding hydrogens is 260 g/mol. The number of nitrogens with zero attached hydrogens (tertiary/aromatic N) is 4. The van der Waals surface area contributed by atoms with Gasteiger partial charge in [0, 0.05) is 32.2 Å². The predicted octanol–water partition coefficient (Wildman–Crippen LogP) is 1.08. The lowest BCUT2D eigenvalue weighted by molar-refractivity contribution is -0.384. The lowest BCUT2D eigenvalue weighted by Crippen LogP contribution is -2.28. The van der Waals surface area contributed by atoms with Crippen molar-refractivity contribution >= 4 is 17.5 Å². The van der Waals surface area contributed by atoms with Crippen LogP contribution < -0.4 is 10.6 Å². The Kier molecular flexibility index (Phi) is 3.39. The summed E-state index contributed by atoms with van der Waals surface area (Å²) in [6.07, 6.45) is 4.80. The van der Waals surface area contributed by atoms with Gasteiger partial charge in [0.1, 0.15) is 6.20 Å². The SMILES string of the molecule is CNc1ncc([N+](=O)[O-])c(NC2CCN(C3CC3)C2)n1. The molecule has 1 aromatic rings. The van der Waals surface area contributed by atoms with E-state index >= 15 is 0 Å². The van der Waals surface area contributed by atoms with Crippen molar-refractivity contribution in [2.45, 2.75) is 31.3 Å². The van der Waals surface area contributed by atoms with Crippen molar-refractivity contribution < 1.29 is 4.92 Å². The second-order valence-electron chi connectivity index (χ2n) is 5.29. The quantitative estimate of drug-likeness (QED) is 0.614. The van der Waals surface area contributed by atoms with Crippen LogP contribution >= 0.6 is 0 Å². The lowest BCUT2D eigenvalue weighted by Gasteiger charge is -2.16. The number of hydrogen-bond donors (Lipinski definition) is 2. The zero-order chi connectivity index (χ0) is 14.1. The third kappa shape index (κ3) is 2.64. The molecule has 2 heterocycles. The molecule has 2 N–H and O–H groups in total. The zero-order valence-electron chi connectivity index (χ0n) is 11.4. The molecule has 1 unspecified atom stereocenters. The highest BCUT2D eigenvalue weighted by Crippen LogP contribution is 2.31. The maximum absolute atomic E-state index is 11.0. The first-order valence-corrected chi connectivity index (χ1v) is 6.87. The van der Waals surface area contributed by atoms with E-state index in [1.165, 1.54) is 19.0 Å². The van der Waals surface area contributed by atoms with Gasteiger partial charge in [-0.15, -0.1) is 0 Å². The van der Waals surface area contributed by atoms with Gasteiger partial charge in [0.25, 0.3) is 0 Å². The smallest absolute Gasteiger partial charge is 0.329 e. The van der Waals surface area contributed by atoms with E-state index in [2.05, 4.69) is 25.5 Å². The Balaban J connectivity index is 1.73. The van der Waals surface area contributed by atoms with Crippen LogP contribution in [0.5, 0.6) is 0 Å². The summed E-state index contributed by atoms with van der Waals surface area (Å²) < 4.78 is 0. The molecule has 2 fully saturated rings. The minimum atomic E-state index is -0.449. The Morgan fingerprint density at radius 3 is 2.90 bits per heavy atom. The largest absolute Gasteiger partial charge is 0.360 e. The highest BCUT2D eigenvalue weighted by molar-refractivity contribution is 5.57. The van der Waals surface area contributed by atoms with E-state index < -0.39 is 4.92 Å². The summed E-state index contributed by atoms with van der Waals surface area (Å²) in [6, 6.07) is 0.948. The molecule has 1 saturated carbocycles. The number of anilines is 2. The fourth-order valence-electron chi connectivity index (χ4n) is 2.61. The average molecular weight is 278 g/mol. The first kappa shape index (κ1) is 13.0. The average Bonchev–Trinajstić information content (AvgIpc) is 3.19. The van der Waals surface area contributed by atoms with Crippen LogP contribution in [0.15, 0.2) is 6.20 Å². The molecule has 0 bridgehead atoms. The van der Waals surface area contributed by atoms with Gasteiger partial charge in [0.2, 0.25) is 11.8 Å². The fraction of sp³-hybridized carbons (Fsp3) is 0.667. The molecule has 0 aromatic carbocycles. The summed E-state index contributed by atoms with van der Waals surface area (Å²) in [4.78, 5) is 21.1. The van der Waals surface area contributed by atoms with Gasteiger partial charge in [-0.25, -0.2) is 4.98 Å². The Morgan fingerprint density at radius 1 is 1.45 bits per heavy atom. The standard InChI is InChI=1S/C12H18N6O2/c1-13-12-14-6-10(18(19)20)11(16-12)15-8-4-5-17(7-8)9-2-3-9/h6,8-9H,2-5,7H2,1H3,(H2,13,14,15,16). The molecule has 1 aromatic heterocycles. The maximum Gasteiger partial charge on any atom is 0.329 e. The van der Waals surface area contributed by atoms with Crippen molar-refractivity contribution in [2.75, 3.05) is 30.8 Å². The number of likely N-dealkylation sites (tertiary alicyclic amines) is 1. The van der Waals surface area contributed by atoms with Gasteiger partial charge >= 0.3 is 5.69 Å². The van der Waals surface area contributed by atoms with Crippen LogP contribution in [0, 0.1) is 10.1 Å². The van der Waals surface area contributed by atoms with Crippen LogP contribution in [0.4, 0.5) is 17.5 Å². The highest BCUT2D eigenvalue weighted by atomic mass is 16.6. The second kappa shape index (κ2) is 5.20. The summed E-state index contributed by atoms with van der Waals surface area (Å²) in [5, 5.41) is 17.0. The Morgan fingerprint density at radius 2 is 2.25 bits per heavy atom. The van der Waals surface area contributed by atoms with Crippen LogP contribution in [-0.4, -0.2) is 52.0 Å². The molecule has 0 amide bonds. The van der Waals surface area contributed by atoms with Crippen LogP contribution in [0.3, 0.4) is 0 Å². The van der Waals surface area contributed by atoms with Gasteiger partial charge in [-0.3, -0.25) is 15.0 Å². The van der Waals surface area contributed by atoms with E-state index in [4.69, 9.17) is 0 Å². The minimum Gasteiger partial charge on any atom is -0.360 e. The molecule has 1 aliphatic carbocycles. The first-order chi connectivity index (χ1) is 9.67. The van der Waals surface area contributed by atoms with Gasteiger partial charge < -0.3 is 10.6 Å². The second-order valence-corrected chi connectivity index (χ2v) is 5.29. The van der Waals surface area contributed by atoms with E-state index in [-0.39, 0.29) is 11.7 Å². The van der Waals surface area contributed by atoms with E-state index in [1.807, 2.05) is 0 Å². The maximum atomic E-state index is 11.0. The molecular formula is C12H18N6O2. The summed E-state index contributed by atoms with van der Waals surface area (Å²) in [7, 11) is 1.69. The van der Waals surface area contributed by atoms with Crippen LogP contribution in [-0.2, 0) is 0 Å². The lowest BCUT2D eigenvalue weighted by atomic mass is 10.2. The number of nitrogens with one attached hydrogen (secondary N) is 2. The molecule has 1 atom stereocenters. The molecule has 1 aliphatic heterocycles. The number of rotatable bonds is 5. The molecule has 1 saturated heterocycles. The molecule has 2 aliphatic rings. The molecule has 20 heavy (non-hydrogen) atoms.